The van der Waals surface area contributed by atoms with Crippen molar-refractivity contribution in [3.63, 3.8) is 0 Å². The molecule has 0 aliphatic carbocycles. The Kier molecular flexibility index (Phi) is 6.06. The van der Waals surface area contributed by atoms with Crippen LogP contribution >= 0.6 is 0 Å². The summed E-state index contributed by atoms with van der Waals surface area (Å²) in [5.74, 6) is 1.36. The molecule has 1 aromatic heterocycles. The highest BCUT2D eigenvalue weighted by Crippen LogP contribution is 2.25. The van der Waals surface area contributed by atoms with Gasteiger partial charge in [0, 0.05) is 23.6 Å². The summed E-state index contributed by atoms with van der Waals surface area (Å²) in [4.78, 5) is 18.5. The molecule has 148 valence electrons. The van der Waals surface area contributed by atoms with Crippen LogP contribution < -0.4 is 25.2 Å². The van der Waals surface area contributed by atoms with Crippen LogP contribution in [0, 0.1) is 0 Å². The molecule has 1 heterocycles. The molecule has 0 saturated heterocycles. The number of nitrogens with zero attached hydrogens (tertiary/aromatic N) is 1. The zero-order chi connectivity index (χ0) is 20.1. The zero-order valence-corrected chi connectivity index (χ0v) is 16.1. The standard InChI is InChI=1S/C21H24N2O5/c1-14(24)13-28-23-19-7-5-4-6-15(19)10-18(21(23)25)22-12-16-8-9-17(26-2)11-20(16)27-3/h4-11,14,22,24H,12-13H2,1-3H3. The Balaban J connectivity index is 1.93. The summed E-state index contributed by atoms with van der Waals surface area (Å²) in [6.45, 7) is 2.00. The van der Waals surface area contributed by atoms with Crippen molar-refractivity contribution in [3.8, 4) is 11.5 Å². The molecule has 0 radical (unpaired) electrons. The number of benzene rings is 2. The first-order valence-corrected chi connectivity index (χ1v) is 8.94. The second-order valence-corrected chi connectivity index (χ2v) is 6.39. The minimum absolute atomic E-state index is 0.0135. The van der Waals surface area contributed by atoms with E-state index in [1.165, 1.54) is 4.73 Å². The third-order valence-electron chi connectivity index (χ3n) is 4.28. The third-order valence-corrected chi connectivity index (χ3v) is 4.28. The first-order valence-electron chi connectivity index (χ1n) is 8.94. The van der Waals surface area contributed by atoms with Gasteiger partial charge in [-0.15, -0.1) is 4.73 Å². The van der Waals surface area contributed by atoms with E-state index in [4.69, 9.17) is 14.3 Å². The highest BCUT2D eigenvalue weighted by atomic mass is 16.7. The molecule has 0 saturated carbocycles. The number of aromatic nitrogens is 1. The zero-order valence-electron chi connectivity index (χ0n) is 16.1. The van der Waals surface area contributed by atoms with E-state index in [9.17, 15) is 9.90 Å². The van der Waals surface area contributed by atoms with Crippen molar-refractivity contribution in [2.24, 2.45) is 0 Å². The summed E-state index contributed by atoms with van der Waals surface area (Å²) in [5.41, 5.74) is 1.59. The summed E-state index contributed by atoms with van der Waals surface area (Å²) >= 11 is 0. The van der Waals surface area contributed by atoms with Gasteiger partial charge in [-0.3, -0.25) is 4.79 Å². The first kappa shape index (κ1) is 19.6. The number of pyridine rings is 1. The number of ether oxygens (including phenoxy) is 2. The molecule has 28 heavy (non-hydrogen) atoms. The van der Waals surface area contributed by atoms with Gasteiger partial charge in [0.1, 0.15) is 23.8 Å². The van der Waals surface area contributed by atoms with Gasteiger partial charge in [-0.05, 0) is 31.2 Å². The van der Waals surface area contributed by atoms with Crippen LogP contribution in [0.5, 0.6) is 11.5 Å². The molecule has 7 heteroatoms. The maximum absolute atomic E-state index is 12.9. The molecule has 0 bridgehead atoms. The second kappa shape index (κ2) is 8.67. The fourth-order valence-corrected chi connectivity index (χ4v) is 2.86. The average molecular weight is 384 g/mol. The van der Waals surface area contributed by atoms with Crippen molar-refractivity contribution in [1.82, 2.24) is 4.73 Å². The van der Waals surface area contributed by atoms with Crippen LogP contribution in [0.1, 0.15) is 12.5 Å². The molecule has 1 atom stereocenters. The Bertz CT molecular complexity index is 1010. The number of aliphatic hydroxyl groups is 1. The summed E-state index contributed by atoms with van der Waals surface area (Å²) in [7, 11) is 3.18. The van der Waals surface area contributed by atoms with Crippen molar-refractivity contribution in [1.29, 1.82) is 0 Å². The van der Waals surface area contributed by atoms with E-state index >= 15 is 0 Å². The Morgan fingerprint density at radius 2 is 1.89 bits per heavy atom. The molecule has 2 N–H and O–H groups in total. The Morgan fingerprint density at radius 1 is 1.11 bits per heavy atom. The predicted octanol–water partition coefficient (Wildman–Crippen LogP) is 2.44. The van der Waals surface area contributed by atoms with Gasteiger partial charge in [0.05, 0.1) is 25.8 Å². The van der Waals surface area contributed by atoms with E-state index in [-0.39, 0.29) is 12.2 Å². The number of aliphatic hydroxyl groups excluding tert-OH is 1. The van der Waals surface area contributed by atoms with E-state index in [1.807, 2.05) is 30.3 Å². The van der Waals surface area contributed by atoms with Crippen LogP contribution in [0.4, 0.5) is 5.69 Å². The molecule has 2 aromatic carbocycles. The average Bonchev–Trinajstić information content (AvgIpc) is 2.71. The number of para-hydroxylation sites is 1. The van der Waals surface area contributed by atoms with Gasteiger partial charge in [0.25, 0.3) is 0 Å². The van der Waals surface area contributed by atoms with Crippen molar-refractivity contribution in [2.75, 3.05) is 26.1 Å². The maximum Gasteiger partial charge on any atom is 0.306 e. The van der Waals surface area contributed by atoms with E-state index < -0.39 is 6.10 Å². The summed E-state index contributed by atoms with van der Waals surface area (Å²) in [6.07, 6.45) is -0.689. The molecule has 7 nitrogen and oxygen atoms in total. The monoisotopic (exact) mass is 384 g/mol. The Morgan fingerprint density at radius 3 is 2.61 bits per heavy atom. The maximum atomic E-state index is 12.9. The predicted molar refractivity (Wildman–Crippen MR) is 108 cm³/mol. The van der Waals surface area contributed by atoms with Crippen LogP contribution in [0.2, 0.25) is 0 Å². The largest absolute Gasteiger partial charge is 0.497 e. The SMILES string of the molecule is COc1ccc(CNc2cc3ccccc3n(OCC(C)O)c2=O)c(OC)c1. The number of fused-ring (bicyclic) bond motifs is 1. The van der Waals surface area contributed by atoms with Crippen LogP contribution in [-0.4, -0.2) is 36.8 Å². The lowest BCUT2D eigenvalue weighted by Gasteiger charge is -2.16. The lowest BCUT2D eigenvalue weighted by molar-refractivity contribution is 0.0365. The number of hydrogen-bond acceptors (Lipinski definition) is 6. The highest BCUT2D eigenvalue weighted by Gasteiger charge is 2.12. The first-order chi connectivity index (χ1) is 13.5. The molecule has 3 aromatic rings. The lowest BCUT2D eigenvalue weighted by Crippen LogP contribution is -2.32. The van der Waals surface area contributed by atoms with Crippen LogP contribution in [0.25, 0.3) is 10.9 Å². The van der Waals surface area contributed by atoms with E-state index in [0.717, 1.165) is 10.9 Å². The Hall–Kier alpha value is -3.19. The van der Waals surface area contributed by atoms with E-state index in [1.54, 1.807) is 39.3 Å². The highest BCUT2D eigenvalue weighted by molar-refractivity contribution is 5.82. The van der Waals surface area contributed by atoms with Gasteiger partial charge in [-0.1, -0.05) is 18.2 Å². The number of anilines is 1. The molecule has 0 spiro atoms. The molecule has 3 rings (SSSR count). The normalized spacial score (nSPS) is 11.9. The van der Waals surface area contributed by atoms with E-state index in [0.29, 0.717) is 29.2 Å². The smallest absolute Gasteiger partial charge is 0.306 e. The van der Waals surface area contributed by atoms with Gasteiger partial charge in [0.15, 0.2) is 0 Å². The molecular formula is C21H24N2O5. The Labute approximate surface area is 163 Å². The lowest BCUT2D eigenvalue weighted by atomic mass is 10.1. The van der Waals surface area contributed by atoms with Gasteiger partial charge >= 0.3 is 5.56 Å². The summed E-state index contributed by atoms with van der Waals surface area (Å²) in [5, 5.41) is 13.5. The minimum atomic E-state index is -0.689. The van der Waals surface area contributed by atoms with Gasteiger partial charge < -0.3 is 24.7 Å². The molecule has 0 aliphatic rings. The van der Waals surface area contributed by atoms with Crippen LogP contribution in [0.3, 0.4) is 0 Å². The summed E-state index contributed by atoms with van der Waals surface area (Å²) in [6, 6.07) is 14.7. The fourth-order valence-electron chi connectivity index (χ4n) is 2.86. The van der Waals surface area contributed by atoms with Gasteiger partial charge in [0.2, 0.25) is 0 Å². The second-order valence-electron chi connectivity index (χ2n) is 6.39. The molecule has 0 amide bonds. The summed E-state index contributed by atoms with van der Waals surface area (Å²) < 4.78 is 11.8. The third kappa shape index (κ3) is 4.20. The number of rotatable bonds is 8. The molecule has 0 aliphatic heterocycles. The number of hydrogen-bond donors (Lipinski definition) is 2. The molecular weight excluding hydrogens is 360 g/mol. The van der Waals surface area contributed by atoms with E-state index in [2.05, 4.69) is 5.32 Å². The molecule has 1 unspecified atom stereocenters. The van der Waals surface area contributed by atoms with Crippen LogP contribution in [-0.2, 0) is 6.54 Å². The molecule has 0 fully saturated rings. The van der Waals surface area contributed by atoms with Gasteiger partial charge in [-0.2, -0.15) is 0 Å². The topological polar surface area (TPSA) is 82.0 Å². The van der Waals surface area contributed by atoms with Crippen molar-refractivity contribution < 1.29 is 19.4 Å². The van der Waals surface area contributed by atoms with Crippen molar-refractivity contribution >= 4 is 16.6 Å². The quantitative estimate of drug-likeness (QED) is 0.621. The number of methoxy groups -OCH3 is 2. The van der Waals surface area contributed by atoms with Crippen LogP contribution in [0.15, 0.2) is 53.3 Å². The minimum Gasteiger partial charge on any atom is -0.497 e. The van der Waals surface area contributed by atoms with Gasteiger partial charge in [-0.25, -0.2) is 0 Å². The van der Waals surface area contributed by atoms with Crippen molar-refractivity contribution in [2.45, 2.75) is 19.6 Å². The fraction of sp³-hybridized carbons (Fsp3) is 0.286. The number of nitrogens with one attached hydrogen (secondary N) is 1. The van der Waals surface area contributed by atoms with Crippen molar-refractivity contribution in [3.05, 3.63) is 64.4 Å².